The highest BCUT2D eigenvalue weighted by molar-refractivity contribution is 7.92. The highest BCUT2D eigenvalue weighted by Crippen LogP contribution is 2.32. The Balaban J connectivity index is 1.35. The molecule has 178 valence electrons. The molecule has 10 heteroatoms. The van der Waals surface area contributed by atoms with Gasteiger partial charge in [0.1, 0.15) is 19.8 Å². The number of hydrogen-bond donors (Lipinski definition) is 1. The van der Waals surface area contributed by atoms with E-state index in [4.69, 9.17) is 14.2 Å². The van der Waals surface area contributed by atoms with Gasteiger partial charge in [0.25, 0.3) is 15.9 Å². The zero-order valence-electron chi connectivity index (χ0n) is 18.4. The second-order valence-corrected chi connectivity index (χ2v) is 9.18. The molecule has 0 saturated heterocycles. The van der Waals surface area contributed by atoms with Crippen molar-refractivity contribution in [3.63, 3.8) is 0 Å². The van der Waals surface area contributed by atoms with Gasteiger partial charge < -0.3 is 19.1 Å². The fraction of sp³-hybridized carbons (Fsp3) is 0.208. The van der Waals surface area contributed by atoms with Crippen molar-refractivity contribution in [3.8, 4) is 17.2 Å². The number of amides is 1. The summed E-state index contributed by atoms with van der Waals surface area (Å²) in [5.41, 5.74) is 0.674. The maximum atomic E-state index is 13.6. The van der Waals surface area contributed by atoms with E-state index in [0.717, 1.165) is 0 Å². The molecule has 8 nitrogen and oxygen atoms in total. The molecule has 1 amide bonds. The monoisotopic (exact) mass is 486 g/mol. The summed E-state index contributed by atoms with van der Waals surface area (Å²) in [4.78, 5) is 14.1. The van der Waals surface area contributed by atoms with Crippen molar-refractivity contribution in [2.75, 3.05) is 38.1 Å². The normalized spacial score (nSPS) is 12.6. The molecule has 0 saturated carbocycles. The molecule has 34 heavy (non-hydrogen) atoms. The Bertz CT molecular complexity index is 1280. The highest BCUT2D eigenvalue weighted by atomic mass is 32.2. The van der Waals surface area contributed by atoms with Crippen LogP contribution in [-0.4, -0.2) is 52.6 Å². The van der Waals surface area contributed by atoms with Gasteiger partial charge in [-0.15, -0.1) is 0 Å². The topological polar surface area (TPSA) is 94.2 Å². The third-order valence-corrected chi connectivity index (χ3v) is 6.45. The summed E-state index contributed by atoms with van der Waals surface area (Å²) in [5.74, 6) is 0.246. The molecule has 1 aliphatic heterocycles. The lowest BCUT2D eigenvalue weighted by molar-refractivity contribution is 0.0773. The Hall–Kier alpha value is -3.79. The van der Waals surface area contributed by atoms with Crippen LogP contribution in [0.5, 0.6) is 17.2 Å². The van der Waals surface area contributed by atoms with Crippen molar-refractivity contribution >= 4 is 21.6 Å². The number of anilines is 1. The van der Waals surface area contributed by atoms with Crippen LogP contribution in [0, 0.1) is 5.82 Å². The van der Waals surface area contributed by atoms with Crippen LogP contribution in [0.15, 0.2) is 71.6 Å². The van der Waals surface area contributed by atoms with Crippen LogP contribution in [0.25, 0.3) is 0 Å². The Morgan fingerprint density at radius 2 is 1.74 bits per heavy atom. The number of likely N-dealkylation sites (N-methyl/N-ethyl adjacent to an activating group) is 1. The zero-order chi connectivity index (χ0) is 24.1. The average Bonchev–Trinajstić information content (AvgIpc) is 2.84. The number of para-hydroxylation sites is 1. The van der Waals surface area contributed by atoms with Crippen LogP contribution >= 0.6 is 0 Å². The molecule has 0 fully saturated rings. The van der Waals surface area contributed by atoms with Gasteiger partial charge in [0, 0.05) is 24.4 Å². The SMILES string of the molecule is CN(CCOc1ccccc1F)C(=O)c1ccc(NS(=O)(=O)c2ccc3c(c2)OCCO3)cc1. The molecule has 3 aromatic carbocycles. The van der Waals surface area contributed by atoms with Gasteiger partial charge in [-0.25, -0.2) is 12.8 Å². The summed E-state index contributed by atoms with van der Waals surface area (Å²) >= 11 is 0. The molecule has 3 aromatic rings. The molecule has 0 aromatic heterocycles. The van der Waals surface area contributed by atoms with Crippen LogP contribution in [-0.2, 0) is 10.0 Å². The summed E-state index contributed by atoms with van der Waals surface area (Å²) in [7, 11) is -2.26. The fourth-order valence-corrected chi connectivity index (χ4v) is 4.34. The van der Waals surface area contributed by atoms with Crippen LogP contribution < -0.4 is 18.9 Å². The molecule has 0 aliphatic carbocycles. The molecule has 0 radical (unpaired) electrons. The van der Waals surface area contributed by atoms with Crippen molar-refractivity contribution in [2.24, 2.45) is 0 Å². The Labute approximate surface area is 196 Å². The number of benzene rings is 3. The number of nitrogens with zero attached hydrogens (tertiary/aromatic N) is 1. The number of hydrogen-bond acceptors (Lipinski definition) is 6. The van der Waals surface area contributed by atoms with E-state index in [1.165, 1.54) is 53.4 Å². The molecule has 0 spiro atoms. The maximum absolute atomic E-state index is 13.6. The predicted molar refractivity (Wildman–Crippen MR) is 124 cm³/mol. The minimum Gasteiger partial charge on any atom is -0.489 e. The van der Waals surface area contributed by atoms with Crippen molar-refractivity contribution < 1.29 is 31.8 Å². The largest absolute Gasteiger partial charge is 0.489 e. The molecular weight excluding hydrogens is 463 g/mol. The Morgan fingerprint density at radius 1 is 1.03 bits per heavy atom. The number of rotatable bonds is 8. The van der Waals surface area contributed by atoms with E-state index in [2.05, 4.69) is 4.72 Å². The quantitative estimate of drug-likeness (QED) is 0.523. The third kappa shape index (κ3) is 5.40. The number of carbonyl (C=O) groups is 1. The van der Waals surface area contributed by atoms with Crippen molar-refractivity contribution in [1.29, 1.82) is 0 Å². The summed E-state index contributed by atoms with van der Waals surface area (Å²) < 4.78 is 57.8. The first-order valence-corrected chi connectivity index (χ1v) is 12.0. The minimum absolute atomic E-state index is 0.0338. The van der Waals surface area contributed by atoms with Crippen LogP contribution in [0.2, 0.25) is 0 Å². The second-order valence-electron chi connectivity index (χ2n) is 7.49. The molecule has 0 atom stereocenters. The van der Waals surface area contributed by atoms with E-state index < -0.39 is 15.8 Å². The zero-order valence-corrected chi connectivity index (χ0v) is 19.2. The van der Waals surface area contributed by atoms with E-state index in [9.17, 15) is 17.6 Å². The molecule has 4 rings (SSSR count). The molecule has 0 bridgehead atoms. The number of ether oxygens (including phenoxy) is 3. The number of fused-ring (bicyclic) bond motifs is 1. The van der Waals surface area contributed by atoms with Gasteiger partial charge in [0.05, 0.1) is 11.4 Å². The molecule has 0 unspecified atom stereocenters. The van der Waals surface area contributed by atoms with E-state index >= 15 is 0 Å². The van der Waals surface area contributed by atoms with E-state index in [0.29, 0.717) is 36.0 Å². The van der Waals surface area contributed by atoms with Gasteiger partial charge in [-0.05, 0) is 48.5 Å². The average molecular weight is 487 g/mol. The summed E-state index contributed by atoms with van der Waals surface area (Å²) in [6.07, 6.45) is 0. The molecule has 1 heterocycles. The number of carbonyl (C=O) groups excluding carboxylic acids is 1. The van der Waals surface area contributed by atoms with Crippen molar-refractivity contribution in [2.45, 2.75) is 4.90 Å². The number of halogens is 1. The van der Waals surface area contributed by atoms with Crippen molar-refractivity contribution in [1.82, 2.24) is 4.90 Å². The van der Waals surface area contributed by atoms with Gasteiger partial charge in [-0.2, -0.15) is 0 Å². The van der Waals surface area contributed by atoms with E-state index in [-0.39, 0.29) is 29.7 Å². The van der Waals surface area contributed by atoms with E-state index in [1.807, 2.05) is 0 Å². The van der Waals surface area contributed by atoms with Crippen LogP contribution in [0.4, 0.5) is 10.1 Å². The number of sulfonamides is 1. The third-order valence-electron chi connectivity index (χ3n) is 5.08. The van der Waals surface area contributed by atoms with Crippen LogP contribution in [0.3, 0.4) is 0 Å². The lowest BCUT2D eigenvalue weighted by Crippen LogP contribution is -2.30. The van der Waals surface area contributed by atoms with Gasteiger partial charge in [0.2, 0.25) is 0 Å². The first-order valence-electron chi connectivity index (χ1n) is 10.5. The smallest absolute Gasteiger partial charge is 0.262 e. The van der Waals surface area contributed by atoms with Gasteiger partial charge in [-0.1, -0.05) is 12.1 Å². The van der Waals surface area contributed by atoms with Crippen LogP contribution in [0.1, 0.15) is 10.4 Å². The van der Waals surface area contributed by atoms with Gasteiger partial charge in [-0.3, -0.25) is 9.52 Å². The summed E-state index contributed by atoms with van der Waals surface area (Å²) in [6, 6.07) is 16.5. The maximum Gasteiger partial charge on any atom is 0.262 e. The Kier molecular flexibility index (Phi) is 6.87. The molecular formula is C24H23FN2O6S. The number of nitrogens with one attached hydrogen (secondary N) is 1. The minimum atomic E-state index is -3.87. The predicted octanol–water partition coefficient (Wildman–Crippen LogP) is 3.55. The first kappa shape index (κ1) is 23.4. The summed E-state index contributed by atoms with van der Waals surface area (Å²) in [5, 5.41) is 0. The standard InChI is InChI=1S/C24H23FN2O6S/c1-27(12-13-31-21-5-3-2-4-20(21)25)24(28)17-6-8-18(9-7-17)26-34(29,30)19-10-11-22-23(16-19)33-15-14-32-22/h2-11,16,26H,12-15H2,1H3. The second kappa shape index (κ2) is 10.0. The first-order chi connectivity index (χ1) is 16.3. The molecule has 1 N–H and O–H groups in total. The van der Waals surface area contributed by atoms with Gasteiger partial charge >= 0.3 is 0 Å². The molecule has 1 aliphatic rings. The highest BCUT2D eigenvalue weighted by Gasteiger charge is 2.20. The van der Waals surface area contributed by atoms with Crippen molar-refractivity contribution in [3.05, 3.63) is 78.1 Å². The van der Waals surface area contributed by atoms with E-state index in [1.54, 1.807) is 25.2 Å². The fourth-order valence-electron chi connectivity index (χ4n) is 3.26. The lowest BCUT2D eigenvalue weighted by atomic mass is 10.2. The lowest BCUT2D eigenvalue weighted by Gasteiger charge is -2.19. The Morgan fingerprint density at radius 3 is 2.47 bits per heavy atom. The summed E-state index contributed by atoms with van der Waals surface area (Å²) in [6.45, 7) is 1.13. The van der Waals surface area contributed by atoms with Gasteiger partial charge in [0.15, 0.2) is 23.1 Å².